The van der Waals surface area contributed by atoms with E-state index in [0.717, 1.165) is 4.88 Å². The zero-order valence-electron chi connectivity index (χ0n) is 12.3. The molecule has 1 fully saturated rings. The van der Waals surface area contributed by atoms with Gasteiger partial charge in [-0.15, -0.1) is 11.3 Å². The summed E-state index contributed by atoms with van der Waals surface area (Å²) in [5, 5.41) is 13.3. The summed E-state index contributed by atoms with van der Waals surface area (Å²) in [4.78, 5) is 14.7. The smallest absolute Gasteiger partial charge is 0.317 e. The van der Waals surface area contributed by atoms with Crippen molar-refractivity contribution in [2.75, 3.05) is 26.8 Å². The van der Waals surface area contributed by atoms with Crippen molar-refractivity contribution >= 4 is 29.0 Å². The Kier molecular flexibility index (Phi) is 5.48. The number of nitrogens with zero attached hydrogens (tertiary/aromatic N) is 1. The largest absolute Gasteiger partial charge is 0.388 e. The molecule has 0 aromatic carbocycles. The molecule has 0 spiro atoms. The molecule has 1 aliphatic rings. The number of urea groups is 1. The summed E-state index contributed by atoms with van der Waals surface area (Å²) in [6.45, 7) is 3.29. The van der Waals surface area contributed by atoms with Crippen molar-refractivity contribution in [1.82, 2.24) is 10.2 Å². The van der Waals surface area contributed by atoms with Gasteiger partial charge in [-0.3, -0.25) is 0 Å². The Morgan fingerprint density at radius 1 is 1.57 bits per heavy atom. The second kappa shape index (κ2) is 6.96. The molecule has 5 nitrogen and oxygen atoms in total. The number of hydrogen-bond donors (Lipinski definition) is 2. The fourth-order valence-electron chi connectivity index (χ4n) is 2.35. The van der Waals surface area contributed by atoms with E-state index in [0.29, 0.717) is 36.9 Å². The third kappa shape index (κ3) is 4.57. The van der Waals surface area contributed by atoms with Crippen molar-refractivity contribution in [3.8, 4) is 0 Å². The van der Waals surface area contributed by atoms with E-state index < -0.39 is 5.60 Å². The molecule has 21 heavy (non-hydrogen) atoms. The summed E-state index contributed by atoms with van der Waals surface area (Å²) >= 11 is 7.35. The van der Waals surface area contributed by atoms with Gasteiger partial charge in [0.05, 0.1) is 22.5 Å². The van der Waals surface area contributed by atoms with E-state index in [9.17, 15) is 9.90 Å². The van der Waals surface area contributed by atoms with Gasteiger partial charge in [0.25, 0.3) is 0 Å². The van der Waals surface area contributed by atoms with Gasteiger partial charge in [0.15, 0.2) is 0 Å². The van der Waals surface area contributed by atoms with Crippen LogP contribution in [0.25, 0.3) is 0 Å². The molecule has 2 heterocycles. The lowest BCUT2D eigenvalue weighted by Crippen LogP contribution is -2.50. The van der Waals surface area contributed by atoms with Gasteiger partial charge in [0, 0.05) is 38.0 Å². The lowest BCUT2D eigenvalue weighted by atomic mass is 9.94. The lowest BCUT2D eigenvalue weighted by Gasteiger charge is -2.35. The maximum Gasteiger partial charge on any atom is 0.317 e. The lowest BCUT2D eigenvalue weighted by molar-refractivity contribution is -0.0723. The topological polar surface area (TPSA) is 61.8 Å². The van der Waals surface area contributed by atoms with Crippen LogP contribution < -0.4 is 5.32 Å². The van der Waals surface area contributed by atoms with Crippen LogP contribution in [0.5, 0.6) is 0 Å². The Balaban J connectivity index is 1.87. The molecule has 2 N–H and O–H groups in total. The van der Waals surface area contributed by atoms with Gasteiger partial charge in [0.1, 0.15) is 0 Å². The Bertz CT molecular complexity index is 488. The minimum absolute atomic E-state index is 0.109. The molecule has 2 rings (SSSR count). The van der Waals surface area contributed by atoms with Crippen molar-refractivity contribution in [2.24, 2.45) is 0 Å². The summed E-state index contributed by atoms with van der Waals surface area (Å²) in [7, 11) is 1.69. The van der Waals surface area contributed by atoms with Crippen molar-refractivity contribution < 1.29 is 14.6 Å². The van der Waals surface area contributed by atoms with Crippen molar-refractivity contribution in [1.29, 1.82) is 0 Å². The van der Waals surface area contributed by atoms with E-state index in [4.69, 9.17) is 16.3 Å². The maximum absolute atomic E-state index is 12.2. The van der Waals surface area contributed by atoms with Crippen LogP contribution in [0.2, 0.25) is 4.34 Å². The van der Waals surface area contributed by atoms with Crippen molar-refractivity contribution in [2.45, 2.75) is 31.4 Å². The first-order chi connectivity index (χ1) is 9.89. The molecule has 1 unspecified atom stereocenters. The van der Waals surface area contributed by atoms with Crippen LogP contribution in [0.4, 0.5) is 4.79 Å². The van der Waals surface area contributed by atoms with Gasteiger partial charge in [-0.2, -0.15) is 0 Å². The average Bonchev–Trinajstić information content (AvgIpc) is 2.85. The summed E-state index contributed by atoms with van der Waals surface area (Å²) < 4.78 is 5.95. The SMILES string of the molecule is CC(NC(=O)N(C)CC1(O)CCOCC1)c1ccc(Cl)s1. The molecule has 118 valence electrons. The van der Waals surface area contributed by atoms with Crippen LogP contribution in [0.1, 0.15) is 30.7 Å². The third-order valence-corrected chi connectivity index (χ3v) is 5.08. The zero-order chi connectivity index (χ0) is 15.5. The Morgan fingerprint density at radius 3 is 2.81 bits per heavy atom. The number of hydrogen-bond acceptors (Lipinski definition) is 4. The van der Waals surface area contributed by atoms with Gasteiger partial charge >= 0.3 is 6.03 Å². The van der Waals surface area contributed by atoms with Crippen LogP contribution >= 0.6 is 22.9 Å². The quantitative estimate of drug-likeness (QED) is 0.891. The highest BCUT2D eigenvalue weighted by Crippen LogP contribution is 2.27. The molecule has 1 aliphatic heterocycles. The highest BCUT2D eigenvalue weighted by Gasteiger charge is 2.32. The molecular formula is C14H21ClN2O3S. The predicted octanol–water partition coefficient (Wildman–Crippen LogP) is 2.65. The summed E-state index contributed by atoms with van der Waals surface area (Å²) in [6.07, 6.45) is 1.11. The maximum atomic E-state index is 12.2. The first-order valence-corrected chi connectivity index (χ1v) is 8.16. The van der Waals surface area contributed by atoms with Gasteiger partial charge in [-0.1, -0.05) is 11.6 Å². The fourth-order valence-corrected chi connectivity index (χ4v) is 3.41. The number of halogens is 1. The second-order valence-electron chi connectivity index (χ2n) is 5.51. The standard InChI is InChI=1S/C14H21ClN2O3S/c1-10(11-3-4-12(15)21-11)16-13(18)17(2)9-14(19)5-7-20-8-6-14/h3-4,10,19H,5-9H2,1-2H3,(H,16,18). The molecule has 7 heteroatoms. The predicted molar refractivity (Wildman–Crippen MR) is 83.9 cm³/mol. The molecular weight excluding hydrogens is 312 g/mol. The van der Waals surface area contributed by atoms with Gasteiger partial charge < -0.3 is 20.1 Å². The number of carbonyl (C=O) groups is 1. The number of nitrogens with one attached hydrogen (secondary N) is 1. The van der Waals surface area contributed by atoms with Gasteiger partial charge in [0.2, 0.25) is 0 Å². The van der Waals surface area contributed by atoms with E-state index in [1.54, 1.807) is 7.05 Å². The first-order valence-electron chi connectivity index (χ1n) is 6.97. The minimum atomic E-state index is -0.847. The molecule has 1 atom stereocenters. The van der Waals surface area contributed by atoms with E-state index >= 15 is 0 Å². The molecule has 0 bridgehead atoms. The number of ether oxygens (including phenoxy) is 1. The molecule has 0 aliphatic carbocycles. The monoisotopic (exact) mass is 332 g/mol. The summed E-state index contributed by atoms with van der Waals surface area (Å²) in [5.74, 6) is 0. The molecule has 0 saturated carbocycles. The van der Waals surface area contributed by atoms with E-state index in [1.807, 2.05) is 19.1 Å². The summed E-state index contributed by atoms with van der Waals surface area (Å²) in [5.41, 5.74) is -0.847. The molecule has 0 radical (unpaired) electrons. The molecule has 1 saturated heterocycles. The van der Waals surface area contributed by atoms with E-state index in [-0.39, 0.29) is 12.1 Å². The number of thiophene rings is 1. The molecule has 1 aromatic rings. The van der Waals surface area contributed by atoms with E-state index in [2.05, 4.69) is 5.32 Å². The Labute approximate surface area is 133 Å². The minimum Gasteiger partial charge on any atom is -0.388 e. The number of rotatable bonds is 4. The van der Waals surface area contributed by atoms with Crippen LogP contribution in [-0.4, -0.2) is 48.4 Å². The van der Waals surface area contributed by atoms with Gasteiger partial charge in [-0.25, -0.2) is 4.79 Å². The number of aliphatic hydroxyl groups is 1. The average molecular weight is 333 g/mol. The highest BCUT2D eigenvalue weighted by molar-refractivity contribution is 7.16. The normalized spacial score (nSPS) is 19.0. The van der Waals surface area contributed by atoms with Crippen LogP contribution in [0.15, 0.2) is 12.1 Å². The third-order valence-electron chi connectivity index (χ3n) is 3.66. The van der Waals surface area contributed by atoms with Crippen molar-refractivity contribution in [3.63, 3.8) is 0 Å². The Hall–Kier alpha value is -0.820. The van der Waals surface area contributed by atoms with Crippen LogP contribution in [0.3, 0.4) is 0 Å². The Morgan fingerprint density at radius 2 is 2.24 bits per heavy atom. The van der Waals surface area contributed by atoms with Crippen LogP contribution in [-0.2, 0) is 4.74 Å². The van der Waals surface area contributed by atoms with E-state index in [1.165, 1.54) is 16.2 Å². The highest BCUT2D eigenvalue weighted by atomic mass is 35.5. The van der Waals surface area contributed by atoms with Gasteiger partial charge in [-0.05, 0) is 19.1 Å². The zero-order valence-corrected chi connectivity index (χ0v) is 13.8. The number of amides is 2. The molecule has 1 aromatic heterocycles. The summed E-state index contributed by atoms with van der Waals surface area (Å²) in [6, 6.07) is 3.41. The van der Waals surface area contributed by atoms with Crippen molar-refractivity contribution in [3.05, 3.63) is 21.3 Å². The number of carbonyl (C=O) groups excluding carboxylic acids is 1. The second-order valence-corrected chi connectivity index (χ2v) is 7.25. The fraction of sp³-hybridized carbons (Fsp3) is 0.643. The first kappa shape index (κ1) is 16.5. The number of likely N-dealkylation sites (N-methyl/N-ethyl adjacent to an activating group) is 1. The molecule has 2 amide bonds. The van der Waals surface area contributed by atoms with Crippen LogP contribution in [0, 0.1) is 0 Å².